The average molecular weight is 721 g/mol. The summed E-state index contributed by atoms with van der Waals surface area (Å²) in [5, 5.41) is 7.57. The molecule has 0 aliphatic carbocycles. The second-order valence-corrected chi connectivity index (χ2v) is 14.8. The van der Waals surface area contributed by atoms with Crippen LogP contribution in [0.3, 0.4) is 0 Å². The van der Waals surface area contributed by atoms with Gasteiger partial charge in [0.15, 0.2) is 0 Å². The van der Waals surface area contributed by atoms with E-state index in [0.717, 1.165) is 6.42 Å². The van der Waals surface area contributed by atoms with E-state index >= 15 is 0 Å². The van der Waals surface area contributed by atoms with Gasteiger partial charge in [0.2, 0.25) is 0 Å². The van der Waals surface area contributed by atoms with E-state index < -0.39 is 0 Å². The van der Waals surface area contributed by atoms with Gasteiger partial charge in [-0.1, -0.05) is 201 Å². The molecule has 0 spiro atoms. The monoisotopic (exact) mass is 720 g/mol. The van der Waals surface area contributed by atoms with Crippen LogP contribution in [0.5, 0.6) is 0 Å². The number of allylic oxidation sites excluding steroid dienone is 7. The Kier molecular flexibility index (Phi) is 10.5. The summed E-state index contributed by atoms with van der Waals surface area (Å²) in [6, 6.07) is 58.0. The van der Waals surface area contributed by atoms with Crippen LogP contribution in [0.2, 0.25) is 0 Å². The molecule has 0 heteroatoms. The van der Waals surface area contributed by atoms with E-state index in [2.05, 4.69) is 223 Å². The minimum atomic E-state index is 1.03. The maximum absolute atomic E-state index is 2.35. The van der Waals surface area contributed by atoms with Crippen molar-refractivity contribution in [1.82, 2.24) is 0 Å². The van der Waals surface area contributed by atoms with Gasteiger partial charge in [0.05, 0.1) is 0 Å². The van der Waals surface area contributed by atoms with E-state index in [-0.39, 0.29) is 0 Å². The summed E-state index contributed by atoms with van der Waals surface area (Å²) in [5.41, 5.74) is 16.3. The van der Waals surface area contributed by atoms with Crippen molar-refractivity contribution in [2.24, 2.45) is 0 Å². The Balaban J connectivity index is 1.29. The molecule has 0 aliphatic rings. The molecular formula is C56H48. The van der Waals surface area contributed by atoms with Crippen molar-refractivity contribution < 1.29 is 0 Å². The number of rotatable bonds is 9. The van der Waals surface area contributed by atoms with Gasteiger partial charge in [0.1, 0.15) is 0 Å². The SMILES string of the molecule is C/C=C\c1c(C)cccc1/C(C)=C/C(=C\C=C(C)CC)c1ccc(-c2c3ccccc3c(-c3cccc4c(-c5ccccc5)cccc34)c3ccccc23)cc1. The topological polar surface area (TPSA) is 0 Å². The molecule has 0 bridgehead atoms. The van der Waals surface area contributed by atoms with E-state index in [0.29, 0.717) is 0 Å². The van der Waals surface area contributed by atoms with Gasteiger partial charge in [0.25, 0.3) is 0 Å². The number of hydrogen-bond acceptors (Lipinski definition) is 0. The second-order valence-electron chi connectivity index (χ2n) is 14.8. The van der Waals surface area contributed by atoms with Gasteiger partial charge < -0.3 is 0 Å². The summed E-state index contributed by atoms with van der Waals surface area (Å²) in [6.45, 7) is 10.9. The van der Waals surface area contributed by atoms with Crippen LogP contribution in [0.1, 0.15) is 56.4 Å². The lowest BCUT2D eigenvalue weighted by Gasteiger charge is -2.19. The molecule has 0 aliphatic heterocycles. The number of aryl methyl sites for hydroxylation is 1. The molecule has 0 amide bonds. The van der Waals surface area contributed by atoms with Crippen LogP contribution < -0.4 is 0 Å². The van der Waals surface area contributed by atoms with E-state index in [9.17, 15) is 0 Å². The Morgan fingerprint density at radius 2 is 1.05 bits per heavy atom. The van der Waals surface area contributed by atoms with Crippen LogP contribution in [0.15, 0.2) is 188 Å². The van der Waals surface area contributed by atoms with Crippen LogP contribution in [-0.4, -0.2) is 0 Å². The van der Waals surface area contributed by atoms with Crippen molar-refractivity contribution in [3.8, 4) is 33.4 Å². The Bertz CT molecular complexity index is 2780. The van der Waals surface area contributed by atoms with Gasteiger partial charge in [-0.05, 0) is 133 Å². The molecule has 8 rings (SSSR count). The Hall–Kier alpha value is -6.50. The average Bonchev–Trinajstić information content (AvgIpc) is 3.24. The third-order valence-electron chi connectivity index (χ3n) is 11.3. The molecule has 56 heavy (non-hydrogen) atoms. The van der Waals surface area contributed by atoms with E-state index in [1.165, 1.54) is 105 Å². The standard InChI is InChI=1S/C56H48/c1-6-18-45-39(4)19-15-26-46(45)40(5)37-44(32-31-38(3)7-2)41-33-35-43(36-34-41)55-51-22-11-13-24-53(51)56(54-25-14-12-23-52(54)55)50-30-17-28-48-47(27-16-29-49(48)50)42-20-9-8-10-21-42/h6,8-37H,7H2,1-5H3/b18-6-,38-31?,40-37+,44-32+. The fourth-order valence-corrected chi connectivity index (χ4v) is 8.26. The third-order valence-corrected chi connectivity index (χ3v) is 11.3. The molecule has 0 unspecified atom stereocenters. The van der Waals surface area contributed by atoms with Gasteiger partial charge in [-0.2, -0.15) is 0 Å². The third kappa shape index (κ3) is 6.96. The smallest absolute Gasteiger partial charge is 0.00201 e. The summed E-state index contributed by atoms with van der Waals surface area (Å²) in [4.78, 5) is 0. The molecule has 0 nitrogen and oxygen atoms in total. The Morgan fingerprint density at radius 1 is 0.500 bits per heavy atom. The normalized spacial score (nSPS) is 12.7. The molecule has 0 radical (unpaired) electrons. The molecule has 272 valence electrons. The molecule has 8 aromatic carbocycles. The summed E-state index contributed by atoms with van der Waals surface area (Å²) in [5.74, 6) is 0. The van der Waals surface area contributed by atoms with Crippen molar-refractivity contribution in [3.05, 3.63) is 210 Å². The first-order valence-corrected chi connectivity index (χ1v) is 19.9. The minimum absolute atomic E-state index is 1.03. The minimum Gasteiger partial charge on any atom is -0.0870 e. The zero-order chi connectivity index (χ0) is 38.6. The molecule has 0 saturated carbocycles. The first-order chi connectivity index (χ1) is 27.5. The van der Waals surface area contributed by atoms with Crippen molar-refractivity contribution >= 4 is 49.5 Å². The highest BCUT2D eigenvalue weighted by Gasteiger charge is 2.19. The summed E-state index contributed by atoms with van der Waals surface area (Å²) in [7, 11) is 0. The van der Waals surface area contributed by atoms with E-state index in [1.807, 2.05) is 0 Å². The number of fused-ring (bicyclic) bond motifs is 3. The van der Waals surface area contributed by atoms with Crippen LogP contribution in [0, 0.1) is 6.92 Å². The van der Waals surface area contributed by atoms with Crippen LogP contribution in [-0.2, 0) is 0 Å². The van der Waals surface area contributed by atoms with Gasteiger partial charge in [0, 0.05) is 0 Å². The zero-order valence-corrected chi connectivity index (χ0v) is 33.1. The van der Waals surface area contributed by atoms with Crippen molar-refractivity contribution in [2.75, 3.05) is 0 Å². The summed E-state index contributed by atoms with van der Waals surface area (Å²) >= 11 is 0. The van der Waals surface area contributed by atoms with Crippen LogP contribution >= 0.6 is 0 Å². The Morgan fingerprint density at radius 3 is 1.68 bits per heavy atom. The second kappa shape index (κ2) is 16.1. The fourth-order valence-electron chi connectivity index (χ4n) is 8.26. The maximum atomic E-state index is 2.35. The lowest BCUT2D eigenvalue weighted by atomic mass is 9.84. The molecule has 0 aromatic heterocycles. The van der Waals surface area contributed by atoms with E-state index in [4.69, 9.17) is 0 Å². The van der Waals surface area contributed by atoms with Gasteiger partial charge in [-0.25, -0.2) is 0 Å². The highest BCUT2D eigenvalue weighted by atomic mass is 14.2. The predicted molar refractivity (Wildman–Crippen MR) is 247 cm³/mol. The molecule has 0 saturated heterocycles. The zero-order valence-electron chi connectivity index (χ0n) is 33.1. The lowest BCUT2D eigenvalue weighted by molar-refractivity contribution is 1.10. The molecule has 0 heterocycles. The van der Waals surface area contributed by atoms with Crippen molar-refractivity contribution in [2.45, 2.75) is 41.0 Å². The van der Waals surface area contributed by atoms with Crippen LogP contribution in [0.25, 0.3) is 82.9 Å². The largest absolute Gasteiger partial charge is 0.0870 e. The van der Waals surface area contributed by atoms with Crippen molar-refractivity contribution in [3.63, 3.8) is 0 Å². The van der Waals surface area contributed by atoms with Crippen molar-refractivity contribution in [1.29, 1.82) is 0 Å². The quantitative estimate of drug-likeness (QED) is 0.103. The van der Waals surface area contributed by atoms with Gasteiger partial charge in [-0.3, -0.25) is 0 Å². The van der Waals surface area contributed by atoms with Crippen LogP contribution in [0.4, 0.5) is 0 Å². The van der Waals surface area contributed by atoms with E-state index in [1.54, 1.807) is 0 Å². The molecule has 0 fully saturated rings. The molecule has 0 N–H and O–H groups in total. The summed E-state index contributed by atoms with van der Waals surface area (Å²) < 4.78 is 0. The predicted octanol–water partition coefficient (Wildman–Crippen LogP) is 16.3. The Labute approximate surface area is 332 Å². The molecule has 0 atom stereocenters. The molecule has 8 aromatic rings. The van der Waals surface area contributed by atoms with Gasteiger partial charge >= 0.3 is 0 Å². The fraction of sp³-hybridized carbons (Fsp3) is 0.107. The molecular weight excluding hydrogens is 673 g/mol. The first kappa shape index (κ1) is 36.5. The van der Waals surface area contributed by atoms with Gasteiger partial charge in [-0.15, -0.1) is 0 Å². The summed E-state index contributed by atoms with van der Waals surface area (Å²) in [6.07, 6.45) is 12.3. The highest BCUT2D eigenvalue weighted by Crippen LogP contribution is 2.46. The lowest BCUT2D eigenvalue weighted by Crippen LogP contribution is -1.93. The number of benzene rings is 8. The first-order valence-electron chi connectivity index (χ1n) is 19.9. The highest BCUT2D eigenvalue weighted by molar-refractivity contribution is 6.24. The number of hydrogen-bond donors (Lipinski definition) is 0. The maximum Gasteiger partial charge on any atom is -0.00201 e.